The van der Waals surface area contributed by atoms with Crippen molar-refractivity contribution in [2.75, 3.05) is 6.61 Å². The Morgan fingerprint density at radius 1 is 0.947 bits per heavy atom. The molecule has 0 unspecified atom stereocenters. The van der Waals surface area contributed by atoms with Crippen molar-refractivity contribution < 1.29 is 9.84 Å². The van der Waals surface area contributed by atoms with Crippen molar-refractivity contribution in [2.45, 2.75) is 26.2 Å². The number of rotatable bonds is 6. The van der Waals surface area contributed by atoms with Gasteiger partial charge in [-0.15, -0.1) is 0 Å². The van der Waals surface area contributed by atoms with Gasteiger partial charge in [0.1, 0.15) is 11.5 Å². The van der Waals surface area contributed by atoms with Crippen molar-refractivity contribution in [3.05, 3.63) is 59.7 Å². The molecule has 0 aliphatic carbocycles. The highest BCUT2D eigenvalue weighted by molar-refractivity contribution is 5.35. The molecule has 0 spiro atoms. The molecule has 0 bridgehead atoms. The van der Waals surface area contributed by atoms with Crippen LogP contribution >= 0.6 is 0 Å². The largest absolute Gasteiger partial charge is 0.457 e. The topological polar surface area (TPSA) is 29.5 Å². The van der Waals surface area contributed by atoms with Gasteiger partial charge < -0.3 is 9.84 Å². The zero-order chi connectivity index (χ0) is 13.5. The third-order valence-electron chi connectivity index (χ3n) is 3.09. The fourth-order valence-electron chi connectivity index (χ4n) is 1.97. The van der Waals surface area contributed by atoms with E-state index in [4.69, 9.17) is 9.84 Å². The molecule has 0 heterocycles. The third kappa shape index (κ3) is 4.11. The maximum atomic E-state index is 8.80. The summed E-state index contributed by atoms with van der Waals surface area (Å²) in [5, 5.41) is 8.80. The summed E-state index contributed by atoms with van der Waals surface area (Å²) >= 11 is 0. The third-order valence-corrected chi connectivity index (χ3v) is 3.09. The summed E-state index contributed by atoms with van der Waals surface area (Å²) < 4.78 is 5.83. The molecular formula is C17H20O2. The second-order valence-electron chi connectivity index (χ2n) is 4.57. The summed E-state index contributed by atoms with van der Waals surface area (Å²) in [4.78, 5) is 0. The van der Waals surface area contributed by atoms with Crippen LogP contribution in [0.2, 0.25) is 0 Å². The van der Waals surface area contributed by atoms with Gasteiger partial charge in [-0.1, -0.05) is 31.2 Å². The molecule has 0 amide bonds. The zero-order valence-electron chi connectivity index (χ0n) is 11.3. The van der Waals surface area contributed by atoms with Crippen molar-refractivity contribution >= 4 is 0 Å². The van der Waals surface area contributed by atoms with Gasteiger partial charge in [0.2, 0.25) is 0 Å². The van der Waals surface area contributed by atoms with E-state index in [1.165, 1.54) is 11.1 Å². The summed E-state index contributed by atoms with van der Waals surface area (Å²) in [6, 6.07) is 16.2. The van der Waals surface area contributed by atoms with Crippen LogP contribution in [0, 0.1) is 0 Å². The van der Waals surface area contributed by atoms with Crippen LogP contribution in [0.3, 0.4) is 0 Å². The van der Waals surface area contributed by atoms with E-state index in [2.05, 4.69) is 31.2 Å². The van der Waals surface area contributed by atoms with Crippen LogP contribution in [0.4, 0.5) is 0 Å². The van der Waals surface area contributed by atoms with E-state index in [0.29, 0.717) is 0 Å². The van der Waals surface area contributed by atoms with Crippen molar-refractivity contribution in [3.63, 3.8) is 0 Å². The Morgan fingerprint density at radius 2 is 1.74 bits per heavy atom. The van der Waals surface area contributed by atoms with E-state index >= 15 is 0 Å². The Hall–Kier alpha value is -1.80. The molecule has 2 aromatic rings. The molecule has 0 atom stereocenters. The van der Waals surface area contributed by atoms with E-state index in [1.54, 1.807) is 0 Å². The van der Waals surface area contributed by atoms with Crippen LogP contribution in [0.25, 0.3) is 0 Å². The first-order chi connectivity index (χ1) is 9.31. The van der Waals surface area contributed by atoms with E-state index < -0.39 is 0 Å². The fourth-order valence-corrected chi connectivity index (χ4v) is 1.97. The van der Waals surface area contributed by atoms with Gasteiger partial charge in [0.25, 0.3) is 0 Å². The van der Waals surface area contributed by atoms with Crippen LogP contribution in [0.1, 0.15) is 24.5 Å². The molecule has 2 aromatic carbocycles. The predicted octanol–water partition coefficient (Wildman–Crippen LogP) is 3.97. The Balaban J connectivity index is 2.02. The van der Waals surface area contributed by atoms with E-state index in [1.807, 2.05) is 24.3 Å². The highest BCUT2D eigenvalue weighted by atomic mass is 16.5. The molecule has 19 heavy (non-hydrogen) atoms. The van der Waals surface area contributed by atoms with Crippen LogP contribution < -0.4 is 4.74 Å². The molecule has 0 fully saturated rings. The van der Waals surface area contributed by atoms with Crippen LogP contribution in [0.15, 0.2) is 48.5 Å². The molecule has 2 heteroatoms. The minimum Gasteiger partial charge on any atom is -0.457 e. The number of benzene rings is 2. The predicted molar refractivity (Wildman–Crippen MR) is 77.7 cm³/mol. The molecule has 100 valence electrons. The number of hydrogen-bond donors (Lipinski definition) is 1. The van der Waals surface area contributed by atoms with Gasteiger partial charge in [0.15, 0.2) is 0 Å². The first-order valence-electron chi connectivity index (χ1n) is 6.78. The van der Waals surface area contributed by atoms with Gasteiger partial charge in [-0.2, -0.15) is 0 Å². The fraction of sp³-hybridized carbons (Fsp3) is 0.294. The van der Waals surface area contributed by atoms with E-state index in [0.717, 1.165) is 30.8 Å². The maximum Gasteiger partial charge on any atom is 0.127 e. The lowest BCUT2D eigenvalue weighted by Gasteiger charge is -2.08. The molecule has 0 aromatic heterocycles. The van der Waals surface area contributed by atoms with Crippen molar-refractivity contribution in [2.24, 2.45) is 0 Å². The van der Waals surface area contributed by atoms with Crippen molar-refractivity contribution in [1.29, 1.82) is 0 Å². The lowest BCUT2D eigenvalue weighted by Crippen LogP contribution is -1.90. The summed E-state index contributed by atoms with van der Waals surface area (Å²) in [7, 11) is 0. The minimum atomic E-state index is 0.238. The number of aryl methyl sites for hydroxylation is 2. The molecule has 0 saturated carbocycles. The normalized spacial score (nSPS) is 10.4. The molecule has 0 radical (unpaired) electrons. The Kier molecular flexibility index (Phi) is 4.99. The first kappa shape index (κ1) is 13.6. The molecule has 2 nitrogen and oxygen atoms in total. The van der Waals surface area contributed by atoms with Gasteiger partial charge in [0.05, 0.1) is 0 Å². The second kappa shape index (κ2) is 6.95. The SMILES string of the molecule is CCc1cccc(Oc2ccc(CCCO)cc2)c1. The van der Waals surface area contributed by atoms with E-state index in [9.17, 15) is 0 Å². The van der Waals surface area contributed by atoms with Crippen molar-refractivity contribution in [3.8, 4) is 11.5 Å². The Bertz CT molecular complexity index is 503. The first-order valence-corrected chi connectivity index (χ1v) is 6.78. The van der Waals surface area contributed by atoms with Gasteiger partial charge >= 0.3 is 0 Å². The maximum absolute atomic E-state index is 8.80. The number of aliphatic hydroxyl groups excluding tert-OH is 1. The summed E-state index contributed by atoms with van der Waals surface area (Å²) in [5.41, 5.74) is 2.50. The Labute approximate surface area is 114 Å². The Morgan fingerprint density at radius 3 is 2.42 bits per heavy atom. The number of ether oxygens (including phenoxy) is 1. The summed E-state index contributed by atoms with van der Waals surface area (Å²) in [6.45, 7) is 2.37. The number of hydrogen-bond acceptors (Lipinski definition) is 2. The van der Waals surface area contributed by atoms with Gasteiger partial charge in [-0.05, 0) is 54.7 Å². The zero-order valence-corrected chi connectivity index (χ0v) is 11.3. The standard InChI is InChI=1S/C17H20O2/c1-2-14-5-3-7-17(13-14)19-16-10-8-15(9-11-16)6-4-12-18/h3,5,7-11,13,18H,2,4,6,12H2,1H3. The van der Waals surface area contributed by atoms with Crippen LogP contribution in [-0.4, -0.2) is 11.7 Å². The molecule has 1 N–H and O–H groups in total. The summed E-state index contributed by atoms with van der Waals surface area (Å²) in [5.74, 6) is 1.73. The average molecular weight is 256 g/mol. The summed E-state index contributed by atoms with van der Waals surface area (Å²) in [6.07, 6.45) is 2.72. The minimum absolute atomic E-state index is 0.238. The lowest BCUT2D eigenvalue weighted by atomic mass is 10.1. The molecular weight excluding hydrogens is 236 g/mol. The van der Waals surface area contributed by atoms with E-state index in [-0.39, 0.29) is 6.61 Å². The molecule has 2 rings (SSSR count). The monoisotopic (exact) mass is 256 g/mol. The molecule has 0 aliphatic heterocycles. The highest BCUT2D eigenvalue weighted by Crippen LogP contribution is 2.23. The van der Waals surface area contributed by atoms with Gasteiger partial charge in [-0.3, -0.25) is 0 Å². The highest BCUT2D eigenvalue weighted by Gasteiger charge is 1.99. The quantitative estimate of drug-likeness (QED) is 0.847. The van der Waals surface area contributed by atoms with Crippen LogP contribution in [0.5, 0.6) is 11.5 Å². The van der Waals surface area contributed by atoms with Crippen molar-refractivity contribution in [1.82, 2.24) is 0 Å². The molecule has 0 saturated heterocycles. The van der Waals surface area contributed by atoms with Gasteiger partial charge in [-0.25, -0.2) is 0 Å². The number of aliphatic hydroxyl groups is 1. The average Bonchev–Trinajstić information content (AvgIpc) is 2.47. The second-order valence-corrected chi connectivity index (χ2v) is 4.57. The molecule has 0 aliphatic rings. The van der Waals surface area contributed by atoms with Gasteiger partial charge in [0, 0.05) is 6.61 Å². The smallest absolute Gasteiger partial charge is 0.127 e. The lowest BCUT2D eigenvalue weighted by molar-refractivity contribution is 0.288. The van der Waals surface area contributed by atoms with Crippen LogP contribution in [-0.2, 0) is 12.8 Å².